The smallest absolute Gasteiger partial charge is 0.199 e. The van der Waals surface area contributed by atoms with Gasteiger partial charge < -0.3 is 9.79 Å². The zero-order chi connectivity index (χ0) is 14.8. The van der Waals surface area contributed by atoms with Gasteiger partial charge in [0, 0.05) is 5.30 Å². The van der Waals surface area contributed by atoms with Crippen molar-refractivity contribution in [2.24, 2.45) is 10.8 Å². The predicted octanol–water partition coefficient (Wildman–Crippen LogP) is 4.17. The van der Waals surface area contributed by atoms with Crippen LogP contribution in [0.3, 0.4) is 0 Å². The molecular weight excluding hydrogens is 255 g/mol. The first kappa shape index (κ1) is 16.6. The monoisotopic (exact) mass is 282 g/mol. The van der Waals surface area contributed by atoms with Crippen LogP contribution in [-0.4, -0.2) is 9.79 Å². The lowest BCUT2D eigenvalue weighted by molar-refractivity contribution is 0.229. The molecule has 0 heterocycles. The van der Waals surface area contributed by atoms with Gasteiger partial charge in [-0.25, -0.2) is 0 Å². The molecule has 0 bridgehead atoms. The second-order valence-corrected chi connectivity index (χ2v) is 8.66. The molecule has 1 aromatic carbocycles. The van der Waals surface area contributed by atoms with Gasteiger partial charge in [0.1, 0.15) is 0 Å². The molecule has 1 rings (SSSR count). The molecule has 2 nitrogen and oxygen atoms in total. The van der Waals surface area contributed by atoms with Crippen molar-refractivity contribution in [1.82, 2.24) is 0 Å². The molecule has 3 heteroatoms. The summed E-state index contributed by atoms with van der Waals surface area (Å²) in [6.45, 7) is 13.6. The van der Waals surface area contributed by atoms with Crippen LogP contribution < -0.4 is 5.30 Å². The molecule has 0 aromatic heterocycles. The predicted molar refractivity (Wildman–Crippen MR) is 83.7 cm³/mol. The highest BCUT2D eigenvalue weighted by Crippen LogP contribution is 2.43. The Hall–Kier alpha value is -0.430. The highest BCUT2D eigenvalue weighted by Gasteiger charge is 2.30. The molecule has 0 saturated carbocycles. The summed E-state index contributed by atoms with van der Waals surface area (Å²) >= 11 is 0. The molecule has 1 atom stereocenters. The van der Waals surface area contributed by atoms with Gasteiger partial charge in [-0.2, -0.15) is 0 Å². The third-order valence-corrected chi connectivity index (χ3v) is 4.15. The minimum Gasteiger partial charge on any atom is -0.347 e. The summed E-state index contributed by atoms with van der Waals surface area (Å²) in [6, 6.07) is 7.75. The van der Waals surface area contributed by atoms with Crippen molar-refractivity contribution in [3.63, 3.8) is 0 Å². The Balaban J connectivity index is 3.05. The van der Waals surface area contributed by atoms with Gasteiger partial charge in [0.15, 0.2) is 8.38 Å². The third kappa shape index (κ3) is 5.22. The summed E-state index contributed by atoms with van der Waals surface area (Å²) in [5.41, 5.74) is 1.75. The molecule has 0 aliphatic rings. The van der Waals surface area contributed by atoms with Crippen molar-refractivity contribution < 1.29 is 9.79 Å². The van der Waals surface area contributed by atoms with Crippen LogP contribution in [0, 0.1) is 10.8 Å². The molecule has 19 heavy (non-hydrogen) atoms. The summed E-state index contributed by atoms with van der Waals surface area (Å²) in [4.78, 5) is 18.4. The Morgan fingerprint density at radius 2 is 1.42 bits per heavy atom. The Morgan fingerprint density at radius 1 is 0.947 bits per heavy atom. The lowest BCUT2D eigenvalue weighted by atomic mass is 9.69. The molecule has 0 spiro atoms. The standard InChI is InChI=1S/C16H27O2P/c1-15(2,3)11-14(16(4,5)6)12-7-9-13(10-8-12)19(17)18/h7-10,14,17-18H,11H2,1-6H3. The maximum Gasteiger partial charge on any atom is 0.199 e. The average Bonchev–Trinajstić information content (AvgIpc) is 2.23. The zero-order valence-electron chi connectivity index (χ0n) is 12.9. The van der Waals surface area contributed by atoms with E-state index in [0.29, 0.717) is 11.2 Å². The van der Waals surface area contributed by atoms with Gasteiger partial charge in [-0.15, -0.1) is 0 Å². The van der Waals surface area contributed by atoms with E-state index in [-0.39, 0.29) is 10.8 Å². The molecular formula is C16H27O2P. The fourth-order valence-electron chi connectivity index (χ4n) is 2.38. The highest BCUT2D eigenvalue weighted by atomic mass is 31.2. The Bertz CT molecular complexity index is 396. The van der Waals surface area contributed by atoms with Crippen LogP contribution in [0.5, 0.6) is 0 Å². The maximum absolute atomic E-state index is 9.22. The van der Waals surface area contributed by atoms with Gasteiger partial charge in [0.2, 0.25) is 0 Å². The van der Waals surface area contributed by atoms with Gasteiger partial charge in [-0.1, -0.05) is 53.7 Å². The highest BCUT2D eigenvalue weighted by molar-refractivity contribution is 7.54. The Kier molecular flexibility index (Phi) is 5.17. The van der Waals surface area contributed by atoms with Crippen LogP contribution in [0.15, 0.2) is 24.3 Å². The second kappa shape index (κ2) is 5.91. The molecule has 0 saturated heterocycles. The number of rotatable bonds is 3. The van der Waals surface area contributed by atoms with Crippen molar-refractivity contribution in [3.05, 3.63) is 29.8 Å². The van der Waals surface area contributed by atoms with Gasteiger partial charge in [0.05, 0.1) is 0 Å². The normalized spacial score (nSPS) is 14.8. The van der Waals surface area contributed by atoms with Crippen LogP contribution >= 0.6 is 8.38 Å². The van der Waals surface area contributed by atoms with Gasteiger partial charge >= 0.3 is 0 Å². The van der Waals surface area contributed by atoms with E-state index in [9.17, 15) is 9.79 Å². The van der Waals surface area contributed by atoms with Crippen molar-refractivity contribution in [2.75, 3.05) is 0 Å². The van der Waals surface area contributed by atoms with Gasteiger partial charge in [0.25, 0.3) is 0 Å². The number of hydrogen-bond acceptors (Lipinski definition) is 2. The summed E-state index contributed by atoms with van der Waals surface area (Å²) in [5.74, 6) is 0.463. The Morgan fingerprint density at radius 3 is 1.74 bits per heavy atom. The molecule has 0 aliphatic heterocycles. The van der Waals surface area contributed by atoms with Gasteiger partial charge in [-0.05, 0) is 40.9 Å². The summed E-state index contributed by atoms with van der Waals surface area (Å²) < 4.78 is 0. The minimum atomic E-state index is -1.98. The first-order chi connectivity index (χ1) is 8.50. The van der Waals surface area contributed by atoms with Crippen LogP contribution in [0.25, 0.3) is 0 Å². The number of hydrogen-bond donors (Lipinski definition) is 2. The van der Waals surface area contributed by atoms with Crippen LogP contribution in [0.4, 0.5) is 0 Å². The van der Waals surface area contributed by atoms with E-state index in [2.05, 4.69) is 41.5 Å². The summed E-state index contributed by atoms with van der Waals surface area (Å²) in [7, 11) is -1.98. The van der Waals surface area contributed by atoms with E-state index in [0.717, 1.165) is 6.42 Å². The first-order valence-electron chi connectivity index (χ1n) is 6.78. The zero-order valence-corrected chi connectivity index (χ0v) is 13.8. The van der Waals surface area contributed by atoms with Gasteiger partial charge in [-0.3, -0.25) is 0 Å². The quantitative estimate of drug-likeness (QED) is 0.817. The third-order valence-electron chi connectivity index (χ3n) is 3.39. The molecule has 1 aromatic rings. The Labute approximate surface area is 118 Å². The van der Waals surface area contributed by atoms with Crippen LogP contribution in [-0.2, 0) is 0 Å². The fourth-order valence-corrected chi connectivity index (χ4v) is 2.79. The fraction of sp³-hybridized carbons (Fsp3) is 0.625. The first-order valence-corrected chi connectivity index (χ1v) is 8.03. The van der Waals surface area contributed by atoms with E-state index in [1.807, 2.05) is 24.3 Å². The van der Waals surface area contributed by atoms with Crippen molar-refractivity contribution in [3.8, 4) is 0 Å². The number of benzene rings is 1. The van der Waals surface area contributed by atoms with E-state index in [4.69, 9.17) is 0 Å². The lowest BCUT2D eigenvalue weighted by Crippen LogP contribution is -2.24. The van der Waals surface area contributed by atoms with Crippen molar-refractivity contribution in [2.45, 2.75) is 53.9 Å². The summed E-state index contributed by atoms with van der Waals surface area (Å²) in [5, 5.41) is 0.613. The van der Waals surface area contributed by atoms with Crippen LogP contribution in [0.1, 0.15) is 59.4 Å². The maximum atomic E-state index is 9.22. The average molecular weight is 282 g/mol. The lowest BCUT2D eigenvalue weighted by Gasteiger charge is -2.36. The molecule has 0 aliphatic carbocycles. The van der Waals surface area contributed by atoms with Crippen LogP contribution in [0.2, 0.25) is 0 Å². The molecule has 108 valence electrons. The largest absolute Gasteiger partial charge is 0.347 e. The molecule has 0 radical (unpaired) electrons. The van der Waals surface area contributed by atoms with E-state index in [1.165, 1.54) is 5.56 Å². The summed E-state index contributed by atoms with van der Waals surface area (Å²) in [6.07, 6.45) is 1.11. The van der Waals surface area contributed by atoms with E-state index >= 15 is 0 Å². The van der Waals surface area contributed by atoms with Crippen molar-refractivity contribution in [1.29, 1.82) is 0 Å². The minimum absolute atomic E-state index is 0.192. The van der Waals surface area contributed by atoms with E-state index < -0.39 is 8.38 Å². The molecule has 1 unspecified atom stereocenters. The topological polar surface area (TPSA) is 40.5 Å². The molecule has 2 N–H and O–H groups in total. The molecule has 0 fully saturated rings. The molecule has 0 amide bonds. The van der Waals surface area contributed by atoms with Crippen molar-refractivity contribution >= 4 is 13.7 Å². The van der Waals surface area contributed by atoms with E-state index in [1.54, 1.807) is 0 Å². The SMILES string of the molecule is CC(C)(C)CC(c1ccc(P(O)O)cc1)C(C)(C)C. The second-order valence-electron chi connectivity index (χ2n) is 7.56.